The molecule has 1 saturated carbocycles. The van der Waals surface area contributed by atoms with Gasteiger partial charge in [-0.15, -0.1) is 0 Å². The number of para-hydroxylation sites is 1. The number of nitrogens with zero attached hydrogens (tertiary/aromatic N) is 1. The van der Waals surface area contributed by atoms with Gasteiger partial charge < -0.3 is 25.0 Å². The van der Waals surface area contributed by atoms with Crippen molar-refractivity contribution < 1.29 is 24.2 Å². The molecule has 184 valence electrons. The van der Waals surface area contributed by atoms with Gasteiger partial charge in [0.1, 0.15) is 11.4 Å². The van der Waals surface area contributed by atoms with E-state index in [9.17, 15) is 14.4 Å². The number of amides is 2. The molecule has 0 saturated heterocycles. The zero-order valence-electron chi connectivity index (χ0n) is 19.4. The summed E-state index contributed by atoms with van der Waals surface area (Å²) in [6.45, 7) is 0.514. The minimum atomic E-state index is -0.740. The molecule has 1 aliphatic rings. The monoisotopic (exact) mass is 497 g/mol. The quantitative estimate of drug-likeness (QED) is 0.407. The zero-order chi connectivity index (χ0) is 24.9. The van der Waals surface area contributed by atoms with E-state index in [0.717, 1.165) is 10.9 Å². The number of benzene rings is 2. The van der Waals surface area contributed by atoms with Crippen LogP contribution in [0.4, 0.5) is 0 Å². The first-order chi connectivity index (χ1) is 16.8. The minimum Gasteiger partial charge on any atom is -0.490 e. The molecule has 1 heterocycles. The molecular formula is C26H28ClN3O5. The van der Waals surface area contributed by atoms with Gasteiger partial charge >= 0.3 is 5.97 Å². The summed E-state index contributed by atoms with van der Waals surface area (Å²) in [5.41, 5.74) is 1.73. The number of aliphatic carboxylic acids is 1. The Morgan fingerprint density at radius 3 is 2.23 bits per heavy atom. The predicted octanol–water partition coefficient (Wildman–Crippen LogP) is 4.01. The van der Waals surface area contributed by atoms with Crippen molar-refractivity contribution in [3.63, 3.8) is 0 Å². The molecule has 0 spiro atoms. The van der Waals surface area contributed by atoms with Crippen molar-refractivity contribution >= 4 is 40.3 Å². The van der Waals surface area contributed by atoms with Crippen molar-refractivity contribution in [1.29, 1.82) is 0 Å². The molecule has 0 aliphatic heterocycles. The molecule has 35 heavy (non-hydrogen) atoms. The Labute approximate surface area is 208 Å². The molecule has 8 nitrogen and oxygen atoms in total. The van der Waals surface area contributed by atoms with Gasteiger partial charge in [0.15, 0.2) is 0 Å². The van der Waals surface area contributed by atoms with Crippen LogP contribution in [0.3, 0.4) is 0 Å². The van der Waals surface area contributed by atoms with E-state index < -0.39 is 5.97 Å². The Hall–Kier alpha value is -3.52. The van der Waals surface area contributed by atoms with Crippen molar-refractivity contribution in [2.75, 3.05) is 13.1 Å². The highest BCUT2D eigenvalue weighted by atomic mass is 35.5. The van der Waals surface area contributed by atoms with E-state index in [4.69, 9.17) is 21.4 Å². The third kappa shape index (κ3) is 5.59. The molecule has 0 bridgehead atoms. The van der Waals surface area contributed by atoms with Crippen LogP contribution in [-0.2, 0) is 11.8 Å². The van der Waals surface area contributed by atoms with Crippen molar-refractivity contribution in [2.45, 2.75) is 31.8 Å². The lowest BCUT2D eigenvalue weighted by molar-refractivity contribution is -0.143. The van der Waals surface area contributed by atoms with Gasteiger partial charge in [-0.25, -0.2) is 0 Å². The van der Waals surface area contributed by atoms with E-state index in [-0.39, 0.29) is 36.9 Å². The molecular weight excluding hydrogens is 470 g/mol. The number of hydrogen-bond donors (Lipinski definition) is 3. The second kappa shape index (κ2) is 10.8. The lowest BCUT2D eigenvalue weighted by Gasteiger charge is -2.26. The van der Waals surface area contributed by atoms with Crippen molar-refractivity contribution in [1.82, 2.24) is 15.2 Å². The van der Waals surface area contributed by atoms with Gasteiger partial charge in [0.05, 0.1) is 17.0 Å². The molecule has 1 aromatic heterocycles. The summed E-state index contributed by atoms with van der Waals surface area (Å²) in [6.07, 6.45) is 2.63. The number of carboxylic acid groups (broad SMARTS) is 1. The maximum absolute atomic E-state index is 12.7. The Kier molecular flexibility index (Phi) is 7.60. The van der Waals surface area contributed by atoms with Crippen LogP contribution in [0, 0.1) is 5.92 Å². The molecule has 2 aromatic carbocycles. The summed E-state index contributed by atoms with van der Waals surface area (Å²) in [5.74, 6) is -0.929. The van der Waals surface area contributed by atoms with Crippen LogP contribution < -0.4 is 15.4 Å². The van der Waals surface area contributed by atoms with Gasteiger partial charge in [-0.2, -0.15) is 0 Å². The summed E-state index contributed by atoms with van der Waals surface area (Å²) in [4.78, 5) is 36.2. The summed E-state index contributed by atoms with van der Waals surface area (Å²) >= 11 is 6.41. The number of carbonyl (C=O) groups excluding carboxylic acids is 2. The van der Waals surface area contributed by atoms with Crippen LogP contribution in [0.25, 0.3) is 10.9 Å². The Bertz CT molecular complexity index is 1190. The average Bonchev–Trinajstić information content (AvgIpc) is 3.12. The highest BCUT2D eigenvalue weighted by Crippen LogP contribution is 2.30. The van der Waals surface area contributed by atoms with Gasteiger partial charge in [0.25, 0.3) is 11.8 Å². The van der Waals surface area contributed by atoms with Gasteiger partial charge in [-0.1, -0.05) is 29.8 Å². The standard InChI is InChI=1S/C26H28ClN3O5/c1-30-21-5-3-2-4-20(21)22(27)23(30)25(32)29-15-14-28-24(31)16-6-10-18(11-7-16)35-19-12-8-17(9-13-19)26(33)34/h2-7,10-11,17,19H,8-9,12-15H2,1H3,(H,28,31)(H,29,32)(H,33,34)/t17-,19+. The fourth-order valence-electron chi connectivity index (χ4n) is 4.44. The van der Waals surface area contributed by atoms with Crippen LogP contribution in [-0.4, -0.2) is 46.7 Å². The summed E-state index contributed by atoms with van der Waals surface area (Å²) in [5, 5.41) is 15.9. The normalized spacial score (nSPS) is 17.7. The number of hydrogen-bond acceptors (Lipinski definition) is 4. The molecule has 3 aromatic rings. The SMILES string of the molecule is Cn1c(C(=O)NCCNC(=O)c2ccc(O[C@H]3CC[C@@H](C(=O)O)CC3)cc2)c(Cl)c2ccccc21. The first-order valence-corrected chi connectivity index (χ1v) is 12.0. The van der Waals surface area contributed by atoms with Crippen LogP contribution in [0.2, 0.25) is 5.02 Å². The number of nitrogens with one attached hydrogen (secondary N) is 2. The Balaban J connectivity index is 1.23. The number of fused-ring (bicyclic) bond motifs is 1. The highest BCUT2D eigenvalue weighted by molar-refractivity contribution is 6.38. The van der Waals surface area contributed by atoms with Crippen LogP contribution in [0.5, 0.6) is 5.75 Å². The topological polar surface area (TPSA) is 110 Å². The first-order valence-electron chi connectivity index (χ1n) is 11.6. The fraction of sp³-hybridized carbons (Fsp3) is 0.346. The minimum absolute atomic E-state index is 0.00999. The Morgan fingerprint density at radius 1 is 0.971 bits per heavy atom. The van der Waals surface area contributed by atoms with Gasteiger partial charge in [0, 0.05) is 36.6 Å². The van der Waals surface area contributed by atoms with Gasteiger partial charge in [0.2, 0.25) is 0 Å². The largest absolute Gasteiger partial charge is 0.490 e. The molecule has 1 aliphatic carbocycles. The second-order valence-electron chi connectivity index (χ2n) is 8.70. The lowest BCUT2D eigenvalue weighted by atomic mass is 9.87. The summed E-state index contributed by atoms with van der Waals surface area (Å²) < 4.78 is 7.70. The van der Waals surface area contributed by atoms with Crippen molar-refractivity contribution in [2.24, 2.45) is 13.0 Å². The van der Waals surface area contributed by atoms with Crippen LogP contribution in [0.1, 0.15) is 46.5 Å². The zero-order valence-corrected chi connectivity index (χ0v) is 20.2. The predicted molar refractivity (Wildman–Crippen MR) is 133 cm³/mol. The maximum atomic E-state index is 12.7. The third-order valence-electron chi connectivity index (χ3n) is 6.40. The van der Waals surface area contributed by atoms with Crippen LogP contribution in [0.15, 0.2) is 48.5 Å². The summed E-state index contributed by atoms with van der Waals surface area (Å²) in [7, 11) is 1.79. The van der Waals surface area contributed by atoms with Crippen molar-refractivity contribution in [3.05, 3.63) is 64.8 Å². The fourth-order valence-corrected chi connectivity index (χ4v) is 4.81. The Morgan fingerprint density at radius 2 is 1.60 bits per heavy atom. The summed E-state index contributed by atoms with van der Waals surface area (Å²) in [6, 6.07) is 14.4. The average molecular weight is 498 g/mol. The molecule has 0 atom stereocenters. The van der Waals surface area contributed by atoms with Crippen molar-refractivity contribution in [3.8, 4) is 5.75 Å². The van der Waals surface area contributed by atoms with Crippen LogP contribution >= 0.6 is 11.6 Å². The first kappa shape index (κ1) is 24.6. The number of carbonyl (C=O) groups is 3. The smallest absolute Gasteiger partial charge is 0.306 e. The lowest BCUT2D eigenvalue weighted by Crippen LogP contribution is -2.35. The number of carboxylic acids is 1. The number of aromatic nitrogens is 1. The maximum Gasteiger partial charge on any atom is 0.306 e. The molecule has 0 unspecified atom stereocenters. The third-order valence-corrected chi connectivity index (χ3v) is 6.78. The highest BCUT2D eigenvalue weighted by Gasteiger charge is 2.27. The number of halogens is 1. The molecule has 9 heteroatoms. The number of ether oxygens (including phenoxy) is 1. The number of rotatable bonds is 8. The molecule has 1 fully saturated rings. The van der Waals surface area contributed by atoms with E-state index in [1.807, 2.05) is 24.3 Å². The molecule has 4 rings (SSSR count). The molecule has 0 radical (unpaired) electrons. The van der Waals surface area contributed by atoms with Gasteiger partial charge in [-0.3, -0.25) is 14.4 Å². The van der Waals surface area contributed by atoms with E-state index in [1.54, 1.807) is 35.9 Å². The van der Waals surface area contributed by atoms with E-state index in [2.05, 4.69) is 10.6 Å². The van der Waals surface area contributed by atoms with Gasteiger partial charge in [-0.05, 0) is 56.0 Å². The molecule has 2 amide bonds. The van der Waals surface area contributed by atoms with E-state index in [0.29, 0.717) is 47.7 Å². The van der Waals surface area contributed by atoms with E-state index in [1.165, 1.54) is 0 Å². The second-order valence-corrected chi connectivity index (χ2v) is 9.08. The molecule has 3 N–H and O–H groups in total. The number of aryl methyl sites for hydroxylation is 1. The van der Waals surface area contributed by atoms with E-state index >= 15 is 0 Å².